The fourth-order valence-electron chi connectivity index (χ4n) is 3.40. The number of aryl methyl sites for hydroxylation is 2. The Balaban J connectivity index is 1.32. The maximum atomic E-state index is 12.4. The number of piperidine rings is 1. The molecule has 1 saturated heterocycles. The van der Waals surface area contributed by atoms with Gasteiger partial charge >= 0.3 is 0 Å². The summed E-state index contributed by atoms with van der Waals surface area (Å²) in [4.78, 5) is 30.2. The Morgan fingerprint density at radius 2 is 2.11 bits per heavy atom. The summed E-state index contributed by atoms with van der Waals surface area (Å²) in [6, 6.07) is 1.76. The third-order valence-electron chi connectivity index (χ3n) is 5.03. The third kappa shape index (κ3) is 5.54. The van der Waals surface area contributed by atoms with E-state index in [2.05, 4.69) is 20.5 Å². The molecule has 0 saturated carbocycles. The number of carbonyl (C=O) groups excluding carboxylic acids is 2. The SMILES string of the molecule is Cc1cc(N)n(CC(=O)N2CCC(CNC(=O)CCCn3cncn3)CC2)n1. The van der Waals surface area contributed by atoms with E-state index in [4.69, 9.17) is 5.73 Å². The number of nitrogens with two attached hydrogens (primary N) is 1. The van der Waals surface area contributed by atoms with E-state index in [1.807, 2.05) is 11.8 Å². The predicted molar refractivity (Wildman–Crippen MR) is 103 cm³/mol. The number of anilines is 1. The molecule has 0 bridgehead atoms. The van der Waals surface area contributed by atoms with Crippen LogP contribution in [-0.4, -0.2) is 60.9 Å². The molecular weight excluding hydrogens is 360 g/mol. The van der Waals surface area contributed by atoms with Crippen LogP contribution in [0.5, 0.6) is 0 Å². The molecule has 10 heteroatoms. The van der Waals surface area contributed by atoms with E-state index in [0.717, 1.165) is 25.0 Å². The summed E-state index contributed by atoms with van der Waals surface area (Å²) in [5.41, 5.74) is 6.66. The van der Waals surface area contributed by atoms with Crippen LogP contribution >= 0.6 is 0 Å². The summed E-state index contributed by atoms with van der Waals surface area (Å²) in [5, 5.41) is 11.3. The van der Waals surface area contributed by atoms with Gasteiger partial charge in [-0.25, -0.2) is 9.67 Å². The second-order valence-electron chi connectivity index (χ2n) is 7.26. The molecule has 2 aromatic rings. The highest BCUT2D eigenvalue weighted by Gasteiger charge is 2.23. The molecule has 1 aliphatic rings. The Kier molecular flexibility index (Phi) is 6.62. The van der Waals surface area contributed by atoms with Crippen LogP contribution in [0.15, 0.2) is 18.7 Å². The fraction of sp³-hybridized carbons (Fsp3) is 0.611. The molecule has 2 aromatic heterocycles. The van der Waals surface area contributed by atoms with E-state index in [1.54, 1.807) is 21.8 Å². The summed E-state index contributed by atoms with van der Waals surface area (Å²) in [6.07, 6.45) is 6.12. The van der Waals surface area contributed by atoms with Crippen molar-refractivity contribution in [1.82, 2.24) is 34.8 Å². The van der Waals surface area contributed by atoms with Crippen LogP contribution in [0.1, 0.15) is 31.4 Å². The summed E-state index contributed by atoms with van der Waals surface area (Å²) >= 11 is 0. The van der Waals surface area contributed by atoms with Gasteiger partial charge in [0, 0.05) is 38.7 Å². The van der Waals surface area contributed by atoms with Crippen molar-refractivity contribution >= 4 is 17.6 Å². The average molecular weight is 388 g/mol. The number of amides is 2. The molecule has 0 atom stereocenters. The number of rotatable bonds is 8. The minimum absolute atomic E-state index is 0.0328. The molecule has 0 aliphatic carbocycles. The fourth-order valence-corrected chi connectivity index (χ4v) is 3.40. The molecule has 0 radical (unpaired) electrons. The maximum Gasteiger partial charge on any atom is 0.244 e. The van der Waals surface area contributed by atoms with Crippen LogP contribution < -0.4 is 11.1 Å². The number of nitrogens with zero attached hydrogens (tertiary/aromatic N) is 6. The third-order valence-corrected chi connectivity index (χ3v) is 5.03. The molecule has 0 aromatic carbocycles. The van der Waals surface area contributed by atoms with Crippen molar-refractivity contribution in [2.75, 3.05) is 25.4 Å². The Labute approximate surface area is 164 Å². The van der Waals surface area contributed by atoms with Crippen LogP contribution in [0.2, 0.25) is 0 Å². The van der Waals surface area contributed by atoms with Crippen LogP contribution in [-0.2, 0) is 22.7 Å². The molecule has 0 unspecified atom stereocenters. The average Bonchev–Trinajstić information content (AvgIpc) is 3.30. The highest BCUT2D eigenvalue weighted by Crippen LogP contribution is 2.17. The Morgan fingerprint density at radius 1 is 1.32 bits per heavy atom. The van der Waals surface area contributed by atoms with Gasteiger partial charge in [-0.2, -0.15) is 10.2 Å². The summed E-state index contributed by atoms with van der Waals surface area (Å²) in [5.74, 6) is 1.00. The maximum absolute atomic E-state index is 12.4. The largest absolute Gasteiger partial charge is 0.384 e. The van der Waals surface area contributed by atoms with Crippen LogP contribution in [0.25, 0.3) is 0 Å². The smallest absolute Gasteiger partial charge is 0.244 e. The number of aromatic nitrogens is 5. The van der Waals surface area contributed by atoms with Gasteiger partial charge in [0.05, 0.1) is 5.69 Å². The standard InChI is InChI=1S/C18H28N8O2/c1-14-9-16(19)26(23-14)11-18(28)24-7-4-15(5-8-24)10-21-17(27)3-2-6-25-13-20-12-22-25/h9,12-13,15H,2-8,10-11,19H2,1H3,(H,21,27). The normalized spacial score (nSPS) is 15.0. The molecule has 10 nitrogen and oxygen atoms in total. The topological polar surface area (TPSA) is 124 Å². The summed E-state index contributed by atoms with van der Waals surface area (Å²) in [6.45, 7) is 4.78. The van der Waals surface area contributed by atoms with Crippen LogP contribution in [0.4, 0.5) is 5.82 Å². The Bertz CT molecular complexity index is 778. The highest BCUT2D eigenvalue weighted by atomic mass is 16.2. The van der Waals surface area contributed by atoms with Gasteiger partial charge in [0.25, 0.3) is 0 Å². The quantitative estimate of drug-likeness (QED) is 0.666. The van der Waals surface area contributed by atoms with Crippen molar-refractivity contribution in [2.24, 2.45) is 5.92 Å². The molecule has 2 amide bonds. The van der Waals surface area contributed by atoms with E-state index in [9.17, 15) is 9.59 Å². The number of nitrogen functional groups attached to an aromatic ring is 1. The van der Waals surface area contributed by atoms with E-state index in [-0.39, 0.29) is 18.4 Å². The van der Waals surface area contributed by atoms with Gasteiger partial charge in [-0.1, -0.05) is 0 Å². The van der Waals surface area contributed by atoms with Crippen molar-refractivity contribution in [3.63, 3.8) is 0 Å². The van der Waals surface area contributed by atoms with Crippen LogP contribution in [0.3, 0.4) is 0 Å². The van der Waals surface area contributed by atoms with Crippen LogP contribution in [0, 0.1) is 12.8 Å². The van der Waals surface area contributed by atoms with Crippen molar-refractivity contribution < 1.29 is 9.59 Å². The van der Waals surface area contributed by atoms with E-state index in [1.165, 1.54) is 6.33 Å². The first-order valence-electron chi connectivity index (χ1n) is 9.68. The lowest BCUT2D eigenvalue weighted by atomic mass is 9.96. The molecule has 3 N–H and O–H groups in total. The lowest BCUT2D eigenvalue weighted by Crippen LogP contribution is -2.43. The number of nitrogens with one attached hydrogen (secondary N) is 1. The Hall–Kier alpha value is -2.91. The lowest BCUT2D eigenvalue weighted by Gasteiger charge is -2.32. The minimum atomic E-state index is 0.0328. The number of hydrogen-bond acceptors (Lipinski definition) is 6. The number of likely N-dealkylation sites (tertiary alicyclic amines) is 1. The first-order chi connectivity index (χ1) is 13.5. The zero-order chi connectivity index (χ0) is 19.9. The monoisotopic (exact) mass is 388 g/mol. The number of hydrogen-bond donors (Lipinski definition) is 2. The molecule has 3 heterocycles. The molecule has 0 spiro atoms. The van der Waals surface area contributed by atoms with Crippen molar-refractivity contribution in [3.8, 4) is 0 Å². The van der Waals surface area contributed by atoms with E-state index in [0.29, 0.717) is 44.3 Å². The van der Waals surface area contributed by atoms with Gasteiger partial charge in [0.2, 0.25) is 11.8 Å². The van der Waals surface area contributed by atoms with Gasteiger partial charge in [0.1, 0.15) is 25.0 Å². The van der Waals surface area contributed by atoms with Gasteiger partial charge < -0.3 is 16.0 Å². The molecule has 1 aliphatic heterocycles. The number of carbonyl (C=O) groups is 2. The zero-order valence-electron chi connectivity index (χ0n) is 16.3. The Morgan fingerprint density at radius 3 is 2.75 bits per heavy atom. The zero-order valence-corrected chi connectivity index (χ0v) is 16.3. The van der Waals surface area contributed by atoms with Crippen molar-refractivity contribution in [2.45, 2.75) is 45.7 Å². The predicted octanol–water partition coefficient (Wildman–Crippen LogP) is 0.200. The van der Waals surface area contributed by atoms with Gasteiger partial charge in [-0.15, -0.1) is 0 Å². The molecule has 28 heavy (non-hydrogen) atoms. The van der Waals surface area contributed by atoms with Gasteiger partial charge in [-0.3, -0.25) is 14.3 Å². The highest BCUT2D eigenvalue weighted by molar-refractivity contribution is 5.76. The molecular formula is C18H28N8O2. The van der Waals surface area contributed by atoms with E-state index < -0.39 is 0 Å². The first-order valence-corrected chi connectivity index (χ1v) is 9.68. The first kappa shape index (κ1) is 19.8. The minimum Gasteiger partial charge on any atom is -0.384 e. The van der Waals surface area contributed by atoms with Crippen molar-refractivity contribution in [1.29, 1.82) is 0 Å². The molecule has 3 rings (SSSR count). The summed E-state index contributed by atoms with van der Waals surface area (Å²) in [7, 11) is 0. The lowest BCUT2D eigenvalue weighted by molar-refractivity contribution is -0.133. The summed E-state index contributed by atoms with van der Waals surface area (Å²) < 4.78 is 3.27. The molecule has 152 valence electrons. The molecule has 1 fully saturated rings. The second kappa shape index (κ2) is 9.34. The van der Waals surface area contributed by atoms with Gasteiger partial charge in [0.15, 0.2) is 0 Å². The second-order valence-corrected chi connectivity index (χ2v) is 7.26. The van der Waals surface area contributed by atoms with Crippen molar-refractivity contribution in [3.05, 3.63) is 24.4 Å². The van der Waals surface area contributed by atoms with Gasteiger partial charge in [-0.05, 0) is 32.1 Å². The van der Waals surface area contributed by atoms with E-state index >= 15 is 0 Å².